The van der Waals surface area contributed by atoms with Crippen LogP contribution in [0, 0.1) is 6.92 Å². The molecule has 196 valence electrons. The Hall–Kier alpha value is -3.75. The fourth-order valence-corrected chi connectivity index (χ4v) is 5.36. The van der Waals surface area contributed by atoms with Gasteiger partial charge in [-0.3, -0.25) is 24.3 Å². The summed E-state index contributed by atoms with van der Waals surface area (Å²) in [7, 11) is 0. The standard InChI is InChI=1S/C29H29ClN4O4/c1-20-7-2-3-11-24(20)28(37)34-25(26(35)32-18-23-10-4-5-14-31-23)19-38-29(34)12-15-33(16-13-29)27(36)21-8-6-9-22(30)17-21/h2-11,14,17,25H,12-13,15-16,18-19H2,1H3,(H,32,35). The number of carbonyl (C=O) groups is 3. The molecule has 0 bridgehead atoms. The molecule has 9 heteroatoms. The van der Waals surface area contributed by atoms with Gasteiger partial charge in [0, 0.05) is 48.3 Å². The lowest BCUT2D eigenvalue weighted by Crippen LogP contribution is -2.59. The lowest BCUT2D eigenvalue weighted by atomic mass is 9.95. The zero-order valence-corrected chi connectivity index (χ0v) is 21.9. The monoisotopic (exact) mass is 532 g/mol. The van der Waals surface area contributed by atoms with E-state index in [-0.39, 0.29) is 30.9 Å². The van der Waals surface area contributed by atoms with Crippen molar-refractivity contribution in [1.29, 1.82) is 0 Å². The number of halogens is 1. The number of piperidine rings is 1. The van der Waals surface area contributed by atoms with Crippen molar-refractivity contribution in [3.05, 3.63) is 100 Å². The number of aryl methyl sites for hydroxylation is 1. The average Bonchev–Trinajstić information content (AvgIpc) is 3.30. The van der Waals surface area contributed by atoms with Crippen LogP contribution in [0.15, 0.2) is 72.9 Å². The van der Waals surface area contributed by atoms with E-state index in [4.69, 9.17) is 16.3 Å². The van der Waals surface area contributed by atoms with Crippen molar-refractivity contribution < 1.29 is 19.1 Å². The van der Waals surface area contributed by atoms with E-state index >= 15 is 0 Å². The Morgan fingerprint density at radius 1 is 1.03 bits per heavy atom. The molecule has 38 heavy (non-hydrogen) atoms. The number of amides is 3. The Bertz CT molecular complexity index is 1340. The average molecular weight is 533 g/mol. The van der Waals surface area contributed by atoms with E-state index in [2.05, 4.69) is 10.3 Å². The van der Waals surface area contributed by atoms with Crippen LogP contribution < -0.4 is 5.32 Å². The maximum absolute atomic E-state index is 14.0. The van der Waals surface area contributed by atoms with Crippen molar-refractivity contribution in [3.63, 3.8) is 0 Å². The van der Waals surface area contributed by atoms with Gasteiger partial charge in [-0.25, -0.2) is 0 Å². The van der Waals surface area contributed by atoms with E-state index in [9.17, 15) is 14.4 Å². The van der Waals surface area contributed by atoms with Gasteiger partial charge in [-0.2, -0.15) is 0 Å². The van der Waals surface area contributed by atoms with Crippen LogP contribution in [-0.2, 0) is 16.1 Å². The first-order chi connectivity index (χ1) is 18.4. The summed E-state index contributed by atoms with van der Waals surface area (Å²) in [4.78, 5) is 48.0. The minimum Gasteiger partial charge on any atom is -0.353 e. The van der Waals surface area contributed by atoms with Gasteiger partial charge in [0.05, 0.1) is 18.8 Å². The SMILES string of the molecule is Cc1ccccc1C(=O)N1C(C(=O)NCc2ccccn2)COC12CCN(C(=O)c1cccc(Cl)c1)CC2. The third-order valence-corrected chi connectivity index (χ3v) is 7.47. The van der Waals surface area contributed by atoms with Crippen LogP contribution in [0.2, 0.25) is 5.02 Å². The van der Waals surface area contributed by atoms with Gasteiger partial charge in [-0.15, -0.1) is 0 Å². The number of ether oxygens (including phenoxy) is 1. The fourth-order valence-electron chi connectivity index (χ4n) is 5.17. The smallest absolute Gasteiger partial charge is 0.257 e. The Morgan fingerprint density at radius 2 is 1.79 bits per heavy atom. The normalized spacial score (nSPS) is 18.4. The molecule has 3 aromatic rings. The van der Waals surface area contributed by atoms with Crippen molar-refractivity contribution in [2.75, 3.05) is 19.7 Å². The van der Waals surface area contributed by atoms with E-state index in [0.29, 0.717) is 42.1 Å². The van der Waals surface area contributed by atoms with Gasteiger partial charge in [0.1, 0.15) is 11.8 Å². The number of carbonyl (C=O) groups excluding carboxylic acids is 3. The summed E-state index contributed by atoms with van der Waals surface area (Å²) in [5.41, 5.74) is 1.59. The van der Waals surface area contributed by atoms with Gasteiger partial charge in [-0.05, 0) is 48.9 Å². The molecule has 0 aliphatic carbocycles. The number of nitrogens with zero attached hydrogens (tertiary/aromatic N) is 3. The highest BCUT2D eigenvalue weighted by Crippen LogP contribution is 2.39. The molecule has 3 amide bonds. The highest BCUT2D eigenvalue weighted by Gasteiger charge is 2.54. The first-order valence-electron chi connectivity index (χ1n) is 12.6. The molecule has 3 heterocycles. The predicted octanol–water partition coefficient (Wildman–Crippen LogP) is 3.83. The maximum atomic E-state index is 14.0. The molecule has 2 aliphatic rings. The minimum absolute atomic E-state index is 0.0773. The molecule has 5 rings (SSSR count). The quantitative estimate of drug-likeness (QED) is 0.539. The second kappa shape index (κ2) is 10.9. The molecular formula is C29H29ClN4O4. The first kappa shape index (κ1) is 25.9. The minimum atomic E-state index is -0.989. The van der Waals surface area contributed by atoms with Crippen LogP contribution in [0.1, 0.15) is 44.8 Å². The molecule has 1 atom stereocenters. The van der Waals surface area contributed by atoms with Crippen LogP contribution in [-0.4, -0.2) is 64.0 Å². The number of nitrogens with one attached hydrogen (secondary N) is 1. The second-order valence-corrected chi connectivity index (χ2v) is 10.0. The van der Waals surface area contributed by atoms with E-state index in [0.717, 1.165) is 11.3 Å². The third kappa shape index (κ3) is 5.14. The summed E-state index contributed by atoms with van der Waals surface area (Å²) in [6.07, 6.45) is 2.45. The highest BCUT2D eigenvalue weighted by molar-refractivity contribution is 6.30. The van der Waals surface area contributed by atoms with Crippen molar-refractivity contribution in [3.8, 4) is 0 Å². The van der Waals surface area contributed by atoms with Gasteiger partial charge in [-0.1, -0.05) is 41.9 Å². The summed E-state index contributed by atoms with van der Waals surface area (Å²) >= 11 is 6.09. The molecule has 2 aliphatic heterocycles. The molecule has 0 saturated carbocycles. The van der Waals surface area contributed by atoms with E-state index in [1.54, 1.807) is 46.3 Å². The number of hydrogen-bond acceptors (Lipinski definition) is 5. The molecular weight excluding hydrogens is 504 g/mol. The maximum Gasteiger partial charge on any atom is 0.257 e. The molecule has 2 aromatic carbocycles. The molecule has 2 fully saturated rings. The van der Waals surface area contributed by atoms with Gasteiger partial charge < -0.3 is 15.0 Å². The van der Waals surface area contributed by atoms with Gasteiger partial charge in [0.2, 0.25) is 5.91 Å². The van der Waals surface area contributed by atoms with Crippen LogP contribution in [0.25, 0.3) is 0 Å². The van der Waals surface area contributed by atoms with Crippen molar-refractivity contribution in [2.45, 2.75) is 38.1 Å². The first-order valence-corrected chi connectivity index (χ1v) is 13.0. The highest BCUT2D eigenvalue weighted by atomic mass is 35.5. The lowest BCUT2D eigenvalue weighted by Gasteiger charge is -2.44. The molecule has 2 saturated heterocycles. The Morgan fingerprint density at radius 3 is 2.50 bits per heavy atom. The lowest BCUT2D eigenvalue weighted by molar-refractivity contribution is -0.128. The van der Waals surface area contributed by atoms with Crippen molar-refractivity contribution in [2.24, 2.45) is 0 Å². The zero-order valence-electron chi connectivity index (χ0n) is 21.1. The van der Waals surface area contributed by atoms with Gasteiger partial charge in [0.25, 0.3) is 11.8 Å². The zero-order chi connectivity index (χ0) is 26.7. The van der Waals surface area contributed by atoms with Crippen LogP contribution in [0.5, 0.6) is 0 Å². The molecule has 1 spiro atoms. The van der Waals surface area contributed by atoms with E-state index in [1.807, 2.05) is 43.3 Å². The molecule has 1 unspecified atom stereocenters. The Balaban J connectivity index is 1.37. The van der Waals surface area contributed by atoms with E-state index < -0.39 is 11.8 Å². The molecule has 1 aromatic heterocycles. The number of pyridine rings is 1. The molecule has 1 N–H and O–H groups in total. The number of aromatic nitrogens is 1. The Kier molecular flexibility index (Phi) is 7.44. The third-order valence-electron chi connectivity index (χ3n) is 7.23. The summed E-state index contributed by atoms with van der Waals surface area (Å²) in [6.45, 7) is 2.96. The number of rotatable bonds is 5. The van der Waals surface area contributed by atoms with Crippen LogP contribution in [0.3, 0.4) is 0 Å². The Labute approximate surface area is 226 Å². The molecule has 8 nitrogen and oxygen atoms in total. The number of benzene rings is 2. The fraction of sp³-hybridized carbons (Fsp3) is 0.310. The predicted molar refractivity (Wildman–Crippen MR) is 142 cm³/mol. The summed E-state index contributed by atoms with van der Waals surface area (Å²) in [5.74, 6) is -0.679. The molecule has 0 radical (unpaired) electrons. The second-order valence-electron chi connectivity index (χ2n) is 9.60. The topological polar surface area (TPSA) is 91.8 Å². The van der Waals surface area contributed by atoms with Crippen molar-refractivity contribution in [1.82, 2.24) is 20.1 Å². The number of likely N-dealkylation sites (tertiary alicyclic amines) is 1. The van der Waals surface area contributed by atoms with Gasteiger partial charge in [0.15, 0.2) is 0 Å². The summed E-state index contributed by atoms with van der Waals surface area (Å²) in [6, 6.07) is 18.9. The van der Waals surface area contributed by atoms with Gasteiger partial charge >= 0.3 is 0 Å². The summed E-state index contributed by atoms with van der Waals surface area (Å²) in [5, 5.41) is 3.41. The van der Waals surface area contributed by atoms with Crippen LogP contribution in [0.4, 0.5) is 0 Å². The largest absolute Gasteiger partial charge is 0.353 e. The number of hydrogen-bond donors (Lipinski definition) is 1. The van der Waals surface area contributed by atoms with Crippen molar-refractivity contribution >= 4 is 29.3 Å². The van der Waals surface area contributed by atoms with E-state index in [1.165, 1.54) is 0 Å². The summed E-state index contributed by atoms with van der Waals surface area (Å²) < 4.78 is 6.28. The van der Waals surface area contributed by atoms with Crippen LogP contribution >= 0.6 is 11.6 Å².